The Hall–Kier alpha value is -0.0800. The van der Waals surface area contributed by atoms with Gasteiger partial charge >= 0.3 is 0 Å². The van der Waals surface area contributed by atoms with Crippen LogP contribution in [0.15, 0.2) is 0 Å². The largest absolute Gasteiger partial charge is 0.395 e. The molecule has 0 heterocycles. The van der Waals surface area contributed by atoms with Crippen LogP contribution in [0, 0.1) is 11.3 Å². The molecule has 80 valence electrons. The molecule has 0 bridgehead atoms. The summed E-state index contributed by atoms with van der Waals surface area (Å²) in [5.41, 5.74) is 0.296. The number of rotatable bonds is 5. The third-order valence-electron chi connectivity index (χ3n) is 1.90. The first-order chi connectivity index (χ1) is 5.85. The van der Waals surface area contributed by atoms with Crippen molar-refractivity contribution in [2.75, 3.05) is 13.2 Å². The Balaban J connectivity index is 3.72. The van der Waals surface area contributed by atoms with E-state index >= 15 is 0 Å². The predicted octanol–water partition coefficient (Wildman–Crippen LogP) is 2.03. The van der Waals surface area contributed by atoms with Crippen molar-refractivity contribution < 1.29 is 5.11 Å². The van der Waals surface area contributed by atoms with Crippen molar-refractivity contribution in [2.45, 2.75) is 47.1 Å². The minimum atomic E-state index is 0.244. The van der Waals surface area contributed by atoms with Gasteiger partial charge in [-0.15, -0.1) is 0 Å². The molecule has 0 radical (unpaired) electrons. The van der Waals surface area contributed by atoms with Crippen molar-refractivity contribution in [1.29, 1.82) is 0 Å². The fraction of sp³-hybridized carbons (Fsp3) is 1.00. The molecule has 0 aromatic carbocycles. The third-order valence-corrected chi connectivity index (χ3v) is 1.90. The second-order valence-corrected chi connectivity index (χ2v) is 5.45. The van der Waals surface area contributed by atoms with E-state index in [0.717, 1.165) is 13.0 Å². The van der Waals surface area contributed by atoms with Gasteiger partial charge in [-0.3, -0.25) is 0 Å². The van der Waals surface area contributed by atoms with Crippen LogP contribution in [0.5, 0.6) is 0 Å². The van der Waals surface area contributed by atoms with Gasteiger partial charge < -0.3 is 10.4 Å². The van der Waals surface area contributed by atoms with Gasteiger partial charge in [-0.25, -0.2) is 0 Å². The zero-order valence-electron chi connectivity index (χ0n) is 9.72. The van der Waals surface area contributed by atoms with E-state index in [1.54, 1.807) is 0 Å². The summed E-state index contributed by atoms with van der Waals surface area (Å²) in [7, 11) is 0. The first-order valence-corrected chi connectivity index (χ1v) is 5.19. The molecule has 0 saturated carbocycles. The first kappa shape index (κ1) is 12.9. The van der Waals surface area contributed by atoms with Crippen LogP contribution in [0.2, 0.25) is 0 Å². The molecule has 0 aromatic rings. The Kier molecular flexibility index (Phi) is 5.57. The molecule has 1 atom stereocenters. The molecule has 0 saturated heterocycles. The van der Waals surface area contributed by atoms with Gasteiger partial charge in [-0.2, -0.15) is 0 Å². The molecule has 0 rings (SSSR count). The number of hydrogen-bond donors (Lipinski definition) is 2. The maximum atomic E-state index is 9.11. The lowest BCUT2D eigenvalue weighted by Gasteiger charge is -2.24. The third kappa shape index (κ3) is 8.26. The summed E-state index contributed by atoms with van der Waals surface area (Å²) in [4.78, 5) is 0. The average molecular weight is 187 g/mol. The Morgan fingerprint density at radius 1 is 1.23 bits per heavy atom. The summed E-state index contributed by atoms with van der Waals surface area (Å²) >= 11 is 0. The molecule has 0 aliphatic heterocycles. The van der Waals surface area contributed by atoms with Crippen molar-refractivity contribution in [2.24, 2.45) is 11.3 Å². The number of nitrogens with one attached hydrogen (secondary N) is 1. The van der Waals surface area contributed by atoms with Gasteiger partial charge in [0.2, 0.25) is 0 Å². The summed E-state index contributed by atoms with van der Waals surface area (Å²) in [6.45, 7) is 12.2. The highest BCUT2D eigenvalue weighted by atomic mass is 16.3. The highest BCUT2D eigenvalue weighted by Gasteiger charge is 2.14. The monoisotopic (exact) mass is 187 g/mol. The number of aliphatic hydroxyl groups is 1. The van der Waals surface area contributed by atoms with Gasteiger partial charge in [0.05, 0.1) is 6.61 Å². The molecule has 0 aromatic heterocycles. The zero-order chi connectivity index (χ0) is 10.5. The maximum absolute atomic E-state index is 9.11. The van der Waals surface area contributed by atoms with Gasteiger partial charge in [0.25, 0.3) is 0 Å². The summed E-state index contributed by atoms with van der Waals surface area (Å²) in [6.07, 6.45) is 1.05. The van der Waals surface area contributed by atoms with Crippen molar-refractivity contribution >= 4 is 0 Å². The van der Waals surface area contributed by atoms with Crippen LogP contribution in [-0.4, -0.2) is 24.3 Å². The van der Waals surface area contributed by atoms with E-state index in [0.29, 0.717) is 11.3 Å². The minimum absolute atomic E-state index is 0.244. The number of aliphatic hydroxyl groups excluding tert-OH is 1. The molecule has 13 heavy (non-hydrogen) atoms. The van der Waals surface area contributed by atoms with Gasteiger partial charge in [0.15, 0.2) is 0 Å². The van der Waals surface area contributed by atoms with E-state index in [-0.39, 0.29) is 12.6 Å². The van der Waals surface area contributed by atoms with Crippen LogP contribution in [0.3, 0.4) is 0 Å². The van der Waals surface area contributed by atoms with Crippen molar-refractivity contribution in [3.8, 4) is 0 Å². The predicted molar refractivity (Wildman–Crippen MR) is 57.8 cm³/mol. The maximum Gasteiger partial charge on any atom is 0.0584 e. The fourth-order valence-electron chi connectivity index (χ4n) is 1.24. The Morgan fingerprint density at radius 3 is 2.08 bits per heavy atom. The summed E-state index contributed by atoms with van der Waals surface area (Å²) in [5, 5.41) is 12.5. The smallest absolute Gasteiger partial charge is 0.0584 e. The molecular formula is C11H25NO. The van der Waals surface area contributed by atoms with Gasteiger partial charge in [-0.1, -0.05) is 34.6 Å². The summed E-state index contributed by atoms with van der Waals surface area (Å²) in [5.74, 6) is 0.643. The topological polar surface area (TPSA) is 32.3 Å². The minimum Gasteiger partial charge on any atom is -0.395 e. The van der Waals surface area contributed by atoms with Crippen molar-refractivity contribution in [1.82, 2.24) is 5.32 Å². The van der Waals surface area contributed by atoms with E-state index in [1.807, 2.05) is 0 Å². The SMILES string of the molecule is CC(C)CC(CO)NCC(C)(C)C. The highest BCUT2D eigenvalue weighted by molar-refractivity contribution is 4.72. The molecule has 1 unspecified atom stereocenters. The van der Waals surface area contributed by atoms with Crippen LogP contribution in [-0.2, 0) is 0 Å². The first-order valence-electron chi connectivity index (χ1n) is 5.19. The lowest BCUT2D eigenvalue weighted by atomic mass is 9.95. The van der Waals surface area contributed by atoms with Gasteiger partial charge in [0.1, 0.15) is 0 Å². The summed E-state index contributed by atoms with van der Waals surface area (Å²) < 4.78 is 0. The van der Waals surface area contributed by atoms with E-state index in [9.17, 15) is 0 Å². The van der Waals surface area contributed by atoms with Crippen molar-refractivity contribution in [3.63, 3.8) is 0 Å². The van der Waals surface area contributed by atoms with Crippen molar-refractivity contribution in [3.05, 3.63) is 0 Å². The van der Waals surface area contributed by atoms with E-state index in [2.05, 4.69) is 39.9 Å². The molecule has 2 N–H and O–H groups in total. The molecule has 0 fully saturated rings. The Bertz CT molecular complexity index is 127. The summed E-state index contributed by atoms with van der Waals surface area (Å²) in [6, 6.07) is 0.263. The quantitative estimate of drug-likeness (QED) is 0.690. The van der Waals surface area contributed by atoms with Crippen LogP contribution < -0.4 is 5.32 Å². The lowest BCUT2D eigenvalue weighted by Crippen LogP contribution is -2.38. The Labute approximate surface area is 82.7 Å². The van der Waals surface area contributed by atoms with Gasteiger partial charge in [0, 0.05) is 12.6 Å². The van der Waals surface area contributed by atoms with Crippen LogP contribution >= 0.6 is 0 Å². The fourth-order valence-corrected chi connectivity index (χ4v) is 1.24. The second kappa shape index (κ2) is 5.61. The molecular weight excluding hydrogens is 162 g/mol. The van der Waals surface area contributed by atoms with Gasteiger partial charge in [-0.05, 0) is 17.8 Å². The number of hydrogen-bond acceptors (Lipinski definition) is 2. The van der Waals surface area contributed by atoms with E-state index in [4.69, 9.17) is 5.11 Å². The normalized spacial score (nSPS) is 15.0. The molecule has 0 aliphatic carbocycles. The zero-order valence-corrected chi connectivity index (χ0v) is 9.72. The highest BCUT2D eigenvalue weighted by Crippen LogP contribution is 2.12. The van der Waals surface area contributed by atoms with E-state index in [1.165, 1.54) is 0 Å². The molecule has 2 heteroatoms. The Morgan fingerprint density at radius 2 is 1.77 bits per heavy atom. The van der Waals surface area contributed by atoms with E-state index < -0.39 is 0 Å². The molecule has 2 nitrogen and oxygen atoms in total. The second-order valence-electron chi connectivity index (χ2n) is 5.45. The van der Waals surface area contributed by atoms with Crippen LogP contribution in [0.1, 0.15) is 41.0 Å². The van der Waals surface area contributed by atoms with Crippen LogP contribution in [0.25, 0.3) is 0 Å². The molecule has 0 amide bonds. The molecule has 0 spiro atoms. The molecule has 0 aliphatic rings. The average Bonchev–Trinajstić information content (AvgIpc) is 1.95. The lowest BCUT2D eigenvalue weighted by molar-refractivity contribution is 0.210. The van der Waals surface area contributed by atoms with Crippen LogP contribution in [0.4, 0.5) is 0 Å². The standard InChI is InChI=1S/C11H25NO/c1-9(2)6-10(7-13)12-8-11(3,4)5/h9-10,12-13H,6-8H2,1-5H3.